The molecule has 3 aliphatic rings. The standard InChI is InChI=1S/C25H27FN4O2S.2ClH/c26-19-4-1-2-5-20(19)32-13-3-10-30-11-7-17(8-12-30)15-29-25(31)22-14-18-16-28-24-23(18)21(33-22)6-9-27-24;;/h1-2,4-6,9,14,16-17,22H,3,7-8,10-13,15H2,(H,29,31);2*1H. The summed E-state index contributed by atoms with van der Waals surface area (Å²) in [4.78, 5) is 24.9. The number of nitrogens with one attached hydrogen (secondary N) is 1. The van der Waals surface area contributed by atoms with Crippen molar-refractivity contribution in [1.29, 1.82) is 0 Å². The molecule has 3 aliphatic heterocycles. The van der Waals surface area contributed by atoms with Crippen LogP contribution in [0.3, 0.4) is 0 Å². The van der Waals surface area contributed by atoms with Crippen LogP contribution in [0.1, 0.15) is 24.8 Å². The van der Waals surface area contributed by atoms with Gasteiger partial charge in [-0.1, -0.05) is 18.2 Å². The molecule has 0 saturated carbocycles. The maximum absolute atomic E-state index is 13.6. The summed E-state index contributed by atoms with van der Waals surface area (Å²) in [5, 5.41) is 2.93. The second kappa shape index (κ2) is 12.7. The molecule has 1 aromatic carbocycles. The van der Waals surface area contributed by atoms with Crippen molar-refractivity contribution in [2.45, 2.75) is 29.4 Å². The number of thioether (sulfide) groups is 1. The number of amides is 1. The maximum Gasteiger partial charge on any atom is 0.237 e. The lowest BCUT2D eigenvalue weighted by Crippen LogP contribution is -2.41. The van der Waals surface area contributed by atoms with Gasteiger partial charge in [0.1, 0.15) is 5.25 Å². The zero-order valence-corrected chi connectivity index (χ0v) is 21.6. The van der Waals surface area contributed by atoms with E-state index in [0.717, 1.165) is 60.7 Å². The smallest absolute Gasteiger partial charge is 0.237 e. The lowest BCUT2D eigenvalue weighted by molar-refractivity contribution is -0.120. The molecule has 1 saturated heterocycles. The van der Waals surface area contributed by atoms with E-state index < -0.39 is 0 Å². The van der Waals surface area contributed by atoms with Crippen molar-refractivity contribution in [2.24, 2.45) is 10.9 Å². The van der Waals surface area contributed by atoms with Gasteiger partial charge in [-0.15, -0.1) is 36.6 Å². The summed E-state index contributed by atoms with van der Waals surface area (Å²) < 4.78 is 19.1. The van der Waals surface area contributed by atoms with Crippen LogP contribution in [-0.4, -0.2) is 60.0 Å². The van der Waals surface area contributed by atoms with E-state index in [1.807, 2.05) is 12.1 Å². The molecule has 1 N–H and O–H groups in total. The fourth-order valence-corrected chi connectivity index (χ4v) is 5.62. The highest BCUT2D eigenvalue weighted by Crippen LogP contribution is 2.43. The van der Waals surface area contributed by atoms with E-state index >= 15 is 0 Å². The van der Waals surface area contributed by atoms with Crippen molar-refractivity contribution in [1.82, 2.24) is 15.2 Å². The number of aliphatic imine (C=N–C) groups is 1. The molecule has 4 heterocycles. The van der Waals surface area contributed by atoms with Crippen LogP contribution in [0.4, 0.5) is 10.2 Å². The highest BCUT2D eigenvalue weighted by molar-refractivity contribution is 8.01. The number of hydrogen-bond acceptors (Lipinski definition) is 6. The van der Waals surface area contributed by atoms with Gasteiger partial charge in [0.25, 0.3) is 0 Å². The number of carbonyl (C=O) groups excluding carboxylic acids is 1. The third-order valence-electron chi connectivity index (χ3n) is 6.34. The van der Waals surface area contributed by atoms with E-state index in [2.05, 4.69) is 20.2 Å². The second-order valence-electron chi connectivity index (χ2n) is 8.59. The molecule has 1 aromatic heterocycles. The zero-order chi connectivity index (χ0) is 22.6. The monoisotopic (exact) mass is 538 g/mol. The summed E-state index contributed by atoms with van der Waals surface area (Å²) in [5.41, 5.74) is 2.05. The summed E-state index contributed by atoms with van der Waals surface area (Å²) in [6.07, 6.45) is 8.55. The Morgan fingerprint density at radius 2 is 2.00 bits per heavy atom. The number of halogens is 3. The van der Waals surface area contributed by atoms with Gasteiger partial charge < -0.3 is 15.0 Å². The molecule has 0 bridgehead atoms. The van der Waals surface area contributed by atoms with Gasteiger partial charge >= 0.3 is 0 Å². The fourth-order valence-electron chi connectivity index (χ4n) is 4.48. The highest BCUT2D eigenvalue weighted by Gasteiger charge is 2.29. The lowest BCUT2D eigenvalue weighted by Gasteiger charge is -2.32. The first-order valence-electron chi connectivity index (χ1n) is 11.5. The van der Waals surface area contributed by atoms with Gasteiger partial charge in [-0.05, 0) is 56.5 Å². The van der Waals surface area contributed by atoms with E-state index in [1.165, 1.54) is 6.07 Å². The normalized spacial score (nSPS) is 18.7. The SMILES string of the molecule is Cl.Cl.O=C(NCC1CCN(CCCOc2ccccc2F)CC1)C1C=C2C=Nc3nccc(c32)S1. The van der Waals surface area contributed by atoms with Gasteiger partial charge in [0.15, 0.2) is 17.4 Å². The molecule has 10 heteroatoms. The average Bonchev–Trinajstić information content (AvgIpc) is 3.26. The summed E-state index contributed by atoms with van der Waals surface area (Å²) >= 11 is 1.57. The topological polar surface area (TPSA) is 66.8 Å². The number of para-hydroxylation sites is 1. The van der Waals surface area contributed by atoms with Gasteiger partial charge in [-0.2, -0.15) is 0 Å². The maximum atomic E-state index is 13.6. The van der Waals surface area contributed by atoms with E-state index in [1.54, 1.807) is 42.4 Å². The molecule has 5 rings (SSSR count). The minimum absolute atomic E-state index is 0. The predicted molar refractivity (Wildman–Crippen MR) is 143 cm³/mol. The molecule has 188 valence electrons. The number of allylic oxidation sites excluding steroid dienone is 1. The Kier molecular flexibility index (Phi) is 9.98. The molecule has 0 radical (unpaired) electrons. The van der Waals surface area contributed by atoms with Crippen molar-refractivity contribution >= 4 is 60.1 Å². The van der Waals surface area contributed by atoms with Gasteiger partial charge in [-0.25, -0.2) is 14.4 Å². The molecule has 1 fully saturated rings. The Hall–Kier alpha value is -2.13. The fraction of sp³-hybridized carbons (Fsp3) is 0.400. The first-order valence-corrected chi connectivity index (χ1v) is 12.3. The third kappa shape index (κ3) is 6.55. The molecule has 1 amide bonds. The largest absolute Gasteiger partial charge is 0.490 e. The van der Waals surface area contributed by atoms with Crippen molar-refractivity contribution in [3.63, 3.8) is 0 Å². The number of pyridine rings is 1. The van der Waals surface area contributed by atoms with Crippen LogP contribution in [0.15, 0.2) is 52.5 Å². The number of rotatable bonds is 8. The predicted octanol–water partition coefficient (Wildman–Crippen LogP) is 4.94. The van der Waals surface area contributed by atoms with Crippen LogP contribution >= 0.6 is 36.6 Å². The number of benzene rings is 1. The van der Waals surface area contributed by atoms with Crippen molar-refractivity contribution in [3.8, 4) is 5.75 Å². The molecule has 1 unspecified atom stereocenters. The summed E-state index contributed by atoms with van der Waals surface area (Å²) in [7, 11) is 0. The highest BCUT2D eigenvalue weighted by atomic mass is 35.5. The molecule has 6 nitrogen and oxygen atoms in total. The number of hydrogen-bond donors (Lipinski definition) is 1. The first kappa shape index (κ1) is 27.5. The molecule has 2 aromatic rings. The van der Waals surface area contributed by atoms with Crippen LogP contribution in [0, 0.1) is 11.7 Å². The Labute approximate surface area is 221 Å². The average molecular weight is 540 g/mol. The quantitative estimate of drug-likeness (QED) is 0.482. The number of aromatic nitrogens is 1. The lowest BCUT2D eigenvalue weighted by atomic mass is 9.96. The molecular formula is C25H29Cl2FN4O2S. The van der Waals surface area contributed by atoms with E-state index in [0.29, 0.717) is 24.8 Å². The van der Waals surface area contributed by atoms with E-state index in [4.69, 9.17) is 4.74 Å². The van der Waals surface area contributed by atoms with Crippen LogP contribution < -0.4 is 10.1 Å². The zero-order valence-electron chi connectivity index (χ0n) is 19.2. The minimum atomic E-state index is -0.314. The van der Waals surface area contributed by atoms with Crippen LogP contribution in [0.5, 0.6) is 5.75 Å². The van der Waals surface area contributed by atoms with Crippen molar-refractivity contribution in [3.05, 3.63) is 54.0 Å². The van der Waals surface area contributed by atoms with Crippen LogP contribution in [0.2, 0.25) is 0 Å². The van der Waals surface area contributed by atoms with Crippen molar-refractivity contribution < 1.29 is 13.9 Å². The van der Waals surface area contributed by atoms with Crippen molar-refractivity contribution in [2.75, 3.05) is 32.8 Å². The van der Waals surface area contributed by atoms with Gasteiger partial charge in [0.2, 0.25) is 5.91 Å². The Morgan fingerprint density at radius 1 is 1.20 bits per heavy atom. The van der Waals surface area contributed by atoms with Gasteiger partial charge in [0.05, 0.1) is 6.61 Å². The number of nitrogens with zero attached hydrogens (tertiary/aromatic N) is 3. The molecule has 35 heavy (non-hydrogen) atoms. The Bertz CT molecular complexity index is 1090. The van der Waals surface area contributed by atoms with Gasteiger partial charge in [-0.3, -0.25) is 4.79 Å². The molecular weight excluding hydrogens is 510 g/mol. The van der Waals surface area contributed by atoms with Crippen LogP contribution in [0.25, 0.3) is 5.57 Å². The Balaban J connectivity index is 0.00000171. The summed E-state index contributed by atoms with van der Waals surface area (Å²) in [5.74, 6) is 1.31. The second-order valence-corrected chi connectivity index (χ2v) is 9.77. The first-order chi connectivity index (χ1) is 16.2. The molecule has 0 spiro atoms. The molecule has 0 aliphatic carbocycles. The van der Waals surface area contributed by atoms with E-state index in [9.17, 15) is 9.18 Å². The molecule has 1 atom stereocenters. The van der Waals surface area contributed by atoms with Gasteiger partial charge in [0, 0.05) is 41.5 Å². The van der Waals surface area contributed by atoms with E-state index in [-0.39, 0.29) is 41.8 Å². The Morgan fingerprint density at radius 3 is 2.80 bits per heavy atom. The number of ether oxygens (including phenoxy) is 1. The summed E-state index contributed by atoms with van der Waals surface area (Å²) in [6.45, 7) is 4.20. The number of likely N-dealkylation sites (tertiary alicyclic amines) is 1. The summed E-state index contributed by atoms with van der Waals surface area (Å²) in [6, 6.07) is 8.47. The minimum Gasteiger partial charge on any atom is -0.490 e. The number of carbonyl (C=O) groups is 1. The third-order valence-corrected chi connectivity index (χ3v) is 7.53. The van der Waals surface area contributed by atoms with Crippen LogP contribution in [-0.2, 0) is 4.79 Å². The number of piperidine rings is 1.